The zero-order valence-corrected chi connectivity index (χ0v) is 9.46. The van der Waals surface area contributed by atoms with Gasteiger partial charge in [-0.25, -0.2) is 0 Å². The third kappa shape index (κ3) is 2.43. The van der Waals surface area contributed by atoms with Gasteiger partial charge in [-0.1, -0.05) is 6.07 Å². The molecule has 2 aromatic heterocycles. The number of hydrogen-bond acceptors (Lipinski definition) is 4. The molecule has 1 N–H and O–H groups in total. The van der Waals surface area contributed by atoms with E-state index < -0.39 is 0 Å². The quantitative estimate of drug-likeness (QED) is 0.832. The first-order valence-electron chi connectivity index (χ1n) is 5.23. The largest absolute Gasteiger partial charge is 0.320 e. The van der Waals surface area contributed by atoms with Gasteiger partial charge in [-0.3, -0.25) is 4.98 Å². The van der Waals surface area contributed by atoms with Gasteiger partial charge in [0, 0.05) is 25.5 Å². The Hall–Kier alpha value is -1.75. The summed E-state index contributed by atoms with van der Waals surface area (Å²) < 4.78 is 1.91. The average molecular weight is 217 g/mol. The van der Waals surface area contributed by atoms with Gasteiger partial charge in [0.05, 0.1) is 6.54 Å². The van der Waals surface area contributed by atoms with E-state index >= 15 is 0 Å². The summed E-state index contributed by atoms with van der Waals surface area (Å²) in [5, 5.41) is 11.2. The SMILES string of the molecule is CC(NCc1nncn1C)c1cccnc1. The predicted octanol–water partition coefficient (Wildman–Crippen LogP) is 1.06. The Morgan fingerprint density at radius 3 is 3.00 bits per heavy atom. The van der Waals surface area contributed by atoms with Gasteiger partial charge < -0.3 is 9.88 Å². The summed E-state index contributed by atoms with van der Waals surface area (Å²) in [7, 11) is 1.94. The molecule has 0 aromatic carbocycles. The van der Waals surface area contributed by atoms with Crippen molar-refractivity contribution in [2.75, 3.05) is 0 Å². The molecule has 1 unspecified atom stereocenters. The molecule has 2 aromatic rings. The van der Waals surface area contributed by atoms with Crippen LogP contribution in [0.3, 0.4) is 0 Å². The fourth-order valence-electron chi connectivity index (χ4n) is 1.46. The van der Waals surface area contributed by atoms with Crippen molar-refractivity contribution in [2.45, 2.75) is 19.5 Å². The molecule has 0 aliphatic rings. The van der Waals surface area contributed by atoms with Crippen LogP contribution in [-0.4, -0.2) is 19.7 Å². The highest BCUT2D eigenvalue weighted by molar-refractivity contribution is 5.12. The molecular weight excluding hydrogens is 202 g/mol. The van der Waals surface area contributed by atoms with Gasteiger partial charge in [-0.05, 0) is 18.6 Å². The van der Waals surface area contributed by atoms with E-state index in [9.17, 15) is 0 Å². The van der Waals surface area contributed by atoms with Crippen molar-refractivity contribution in [1.29, 1.82) is 0 Å². The van der Waals surface area contributed by atoms with Crippen molar-refractivity contribution in [2.24, 2.45) is 7.05 Å². The molecule has 0 radical (unpaired) electrons. The second-order valence-corrected chi connectivity index (χ2v) is 3.75. The maximum atomic E-state index is 4.10. The summed E-state index contributed by atoms with van der Waals surface area (Å²) in [5.41, 5.74) is 1.17. The molecule has 0 amide bonds. The fraction of sp³-hybridized carbons (Fsp3) is 0.364. The molecule has 0 spiro atoms. The van der Waals surface area contributed by atoms with Crippen LogP contribution >= 0.6 is 0 Å². The molecule has 84 valence electrons. The Labute approximate surface area is 94.5 Å². The molecule has 2 heterocycles. The number of nitrogens with one attached hydrogen (secondary N) is 1. The van der Waals surface area contributed by atoms with Crippen LogP contribution in [0.2, 0.25) is 0 Å². The van der Waals surface area contributed by atoms with Gasteiger partial charge in [0.25, 0.3) is 0 Å². The molecule has 0 saturated carbocycles. The summed E-state index contributed by atoms with van der Waals surface area (Å²) in [6.07, 6.45) is 5.35. The first-order valence-corrected chi connectivity index (χ1v) is 5.23. The summed E-state index contributed by atoms with van der Waals surface area (Å²) in [6, 6.07) is 4.25. The van der Waals surface area contributed by atoms with Crippen LogP contribution in [0.15, 0.2) is 30.9 Å². The van der Waals surface area contributed by atoms with Gasteiger partial charge in [-0.2, -0.15) is 0 Å². The Balaban J connectivity index is 1.94. The third-order valence-corrected chi connectivity index (χ3v) is 2.56. The van der Waals surface area contributed by atoms with Crippen LogP contribution in [0, 0.1) is 0 Å². The van der Waals surface area contributed by atoms with Crippen molar-refractivity contribution in [3.8, 4) is 0 Å². The van der Waals surface area contributed by atoms with Gasteiger partial charge in [0.15, 0.2) is 0 Å². The van der Waals surface area contributed by atoms with E-state index in [1.165, 1.54) is 5.56 Å². The summed E-state index contributed by atoms with van der Waals surface area (Å²) in [4.78, 5) is 4.10. The van der Waals surface area contributed by atoms with Crippen LogP contribution in [0.5, 0.6) is 0 Å². The minimum absolute atomic E-state index is 0.255. The lowest BCUT2D eigenvalue weighted by Crippen LogP contribution is -2.20. The van der Waals surface area contributed by atoms with Crippen LogP contribution in [0.1, 0.15) is 24.4 Å². The lowest BCUT2D eigenvalue weighted by atomic mass is 10.1. The first-order chi connectivity index (χ1) is 7.77. The van der Waals surface area contributed by atoms with E-state index in [1.54, 1.807) is 12.5 Å². The lowest BCUT2D eigenvalue weighted by Gasteiger charge is -2.12. The van der Waals surface area contributed by atoms with E-state index in [0.29, 0.717) is 6.54 Å². The van der Waals surface area contributed by atoms with Gasteiger partial charge >= 0.3 is 0 Å². The molecule has 0 saturated heterocycles. The number of hydrogen-bond donors (Lipinski definition) is 1. The average Bonchev–Trinajstić information content (AvgIpc) is 2.73. The second-order valence-electron chi connectivity index (χ2n) is 3.75. The van der Waals surface area contributed by atoms with Crippen LogP contribution in [0.25, 0.3) is 0 Å². The molecule has 1 atom stereocenters. The molecule has 5 heteroatoms. The standard InChI is InChI=1S/C11H15N5/c1-9(10-4-3-5-12-6-10)13-7-11-15-14-8-16(11)2/h3-6,8-9,13H,7H2,1-2H3. The van der Waals surface area contributed by atoms with E-state index in [1.807, 2.05) is 23.9 Å². The Kier molecular flexibility index (Phi) is 3.26. The normalized spacial score (nSPS) is 12.6. The molecular formula is C11H15N5. The van der Waals surface area contributed by atoms with Crippen LogP contribution in [0.4, 0.5) is 0 Å². The van der Waals surface area contributed by atoms with Gasteiger partial charge in [0.2, 0.25) is 0 Å². The molecule has 5 nitrogen and oxygen atoms in total. The first kappa shape index (κ1) is 10.8. The predicted molar refractivity (Wildman–Crippen MR) is 60.5 cm³/mol. The molecule has 0 bridgehead atoms. The zero-order valence-electron chi connectivity index (χ0n) is 9.46. The monoisotopic (exact) mass is 217 g/mol. The highest BCUT2D eigenvalue weighted by Gasteiger charge is 2.06. The van der Waals surface area contributed by atoms with Gasteiger partial charge in [0.1, 0.15) is 12.2 Å². The number of rotatable bonds is 4. The maximum Gasteiger partial charge on any atom is 0.146 e. The number of aryl methyl sites for hydroxylation is 1. The number of nitrogens with zero attached hydrogens (tertiary/aromatic N) is 4. The number of aromatic nitrogens is 4. The molecule has 0 aliphatic carbocycles. The van der Waals surface area contributed by atoms with Crippen molar-refractivity contribution >= 4 is 0 Å². The minimum atomic E-state index is 0.255. The van der Waals surface area contributed by atoms with E-state index in [0.717, 1.165) is 5.82 Å². The third-order valence-electron chi connectivity index (χ3n) is 2.56. The number of pyridine rings is 1. The second kappa shape index (κ2) is 4.85. The zero-order chi connectivity index (χ0) is 11.4. The summed E-state index contributed by atoms with van der Waals surface area (Å²) >= 11 is 0. The van der Waals surface area contributed by atoms with Crippen LogP contribution < -0.4 is 5.32 Å². The fourth-order valence-corrected chi connectivity index (χ4v) is 1.46. The van der Waals surface area contributed by atoms with Crippen molar-refractivity contribution in [1.82, 2.24) is 25.1 Å². The van der Waals surface area contributed by atoms with Crippen molar-refractivity contribution in [3.63, 3.8) is 0 Å². The Morgan fingerprint density at radius 1 is 1.50 bits per heavy atom. The van der Waals surface area contributed by atoms with E-state index in [-0.39, 0.29) is 6.04 Å². The van der Waals surface area contributed by atoms with Crippen molar-refractivity contribution in [3.05, 3.63) is 42.2 Å². The Morgan fingerprint density at radius 2 is 2.38 bits per heavy atom. The lowest BCUT2D eigenvalue weighted by molar-refractivity contribution is 0.547. The maximum absolute atomic E-state index is 4.10. The van der Waals surface area contributed by atoms with Gasteiger partial charge in [-0.15, -0.1) is 10.2 Å². The topological polar surface area (TPSA) is 55.6 Å². The van der Waals surface area contributed by atoms with Crippen molar-refractivity contribution < 1.29 is 0 Å². The summed E-state index contributed by atoms with van der Waals surface area (Å²) in [6.45, 7) is 2.81. The molecule has 0 fully saturated rings. The minimum Gasteiger partial charge on any atom is -0.320 e. The van der Waals surface area contributed by atoms with E-state index in [4.69, 9.17) is 0 Å². The highest BCUT2D eigenvalue weighted by Crippen LogP contribution is 2.10. The Bertz CT molecular complexity index is 437. The highest BCUT2D eigenvalue weighted by atomic mass is 15.3. The molecule has 16 heavy (non-hydrogen) atoms. The summed E-state index contributed by atoms with van der Waals surface area (Å²) in [5.74, 6) is 0.927. The molecule has 0 aliphatic heterocycles. The van der Waals surface area contributed by atoms with Crippen LogP contribution in [-0.2, 0) is 13.6 Å². The molecule has 2 rings (SSSR count). The van der Waals surface area contributed by atoms with E-state index in [2.05, 4.69) is 33.5 Å². The smallest absolute Gasteiger partial charge is 0.146 e.